The van der Waals surface area contributed by atoms with Crippen LogP contribution in [0.3, 0.4) is 0 Å². The predicted molar refractivity (Wildman–Crippen MR) is 48.3 cm³/mol. The lowest BCUT2D eigenvalue weighted by atomic mass is 10.4. The summed E-state index contributed by atoms with van der Waals surface area (Å²) in [5.74, 6) is -1.03. The van der Waals surface area contributed by atoms with Crippen molar-refractivity contribution in [3.63, 3.8) is 0 Å². The van der Waals surface area contributed by atoms with Gasteiger partial charge in [0.25, 0.3) is 0 Å². The van der Waals surface area contributed by atoms with Crippen LogP contribution in [0.25, 0.3) is 0 Å². The first-order valence-electron chi connectivity index (χ1n) is 4.67. The Kier molecular flexibility index (Phi) is 5.15. The van der Waals surface area contributed by atoms with E-state index in [-0.39, 0.29) is 19.6 Å². The molecule has 0 atom stereocenters. The normalized spacial score (nSPS) is 9.93. The van der Waals surface area contributed by atoms with Gasteiger partial charge in [-0.25, -0.2) is 0 Å². The smallest absolute Gasteiger partial charge is 0.325 e. The number of hydrogen-bond acceptors (Lipinski definition) is 4. The number of nitrogens with zero attached hydrogens (tertiary/aromatic N) is 1. The monoisotopic (exact) mass is 204 g/mol. The van der Waals surface area contributed by atoms with E-state index >= 15 is 0 Å². The maximum Gasteiger partial charge on any atom is 0.325 e. The predicted octanol–water partition coefficient (Wildman–Crippen LogP) is -1.25. The number of ether oxygens (including phenoxy) is 1. The van der Waals surface area contributed by atoms with Crippen molar-refractivity contribution in [2.45, 2.75) is 6.90 Å². The Morgan fingerprint density at radius 2 is 2.36 bits per heavy atom. The first kappa shape index (κ1) is 10.5. The highest BCUT2D eigenvalue weighted by molar-refractivity contribution is 5.80. The number of hydrogen-bond donors (Lipinski definition) is 1. The van der Waals surface area contributed by atoms with Gasteiger partial charge in [0.1, 0.15) is 6.54 Å². The SMILES string of the molecule is [3H]CC(=O)N(CCNC=O)CC(=O)OC. The Morgan fingerprint density at radius 1 is 1.64 bits per heavy atom. The van der Waals surface area contributed by atoms with Gasteiger partial charge in [0.2, 0.25) is 12.3 Å². The summed E-state index contributed by atoms with van der Waals surface area (Å²) in [4.78, 5) is 33.2. The zero-order chi connectivity index (χ0) is 11.7. The van der Waals surface area contributed by atoms with Crippen LogP contribution < -0.4 is 5.32 Å². The summed E-state index contributed by atoms with van der Waals surface area (Å²) in [6.45, 7) is -0.204. The van der Waals surface area contributed by atoms with Crippen molar-refractivity contribution in [3.05, 3.63) is 0 Å². The Labute approximate surface area is 83.6 Å². The minimum Gasteiger partial charge on any atom is -0.468 e. The lowest BCUT2D eigenvalue weighted by Crippen LogP contribution is -2.39. The molecule has 14 heavy (non-hydrogen) atoms. The molecule has 0 aromatic heterocycles. The third-order valence-electron chi connectivity index (χ3n) is 1.51. The topological polar surface area (TPSA) is 75.7 Å². The van der Waals surface area contributed by atoms with E-state index in [1.54, 1.807) is 0 Å². The lowest BCUT2D eigenvalue weighted by Gasteiger charge is -2.18. The van der Waals surface area contributed by atoms with Crippen LogP contribution >= 0.6 is 0 Å². The van der Waals surface area contributed by atoms with E-state index in [2.05, 4.69) is 10.1 Å². The van der Waals surface area contributed by atoms with Crippen LogP contribution in [0.2, 0.25) is 0 Å². The highest BCUT2D eigenvalue weighted by atomic mass is 16.5. The fraction of sp³-hybridized carbons (Fsp3) is 0.625. The highest BCUT2D eigenvalue weighted by Crippen LogP contribution is 1.89. The molecule has 80 valence electrons. The molecule has 0 saturated carbocycles. The maximum absolute atomic E-state index is 11.2. The van der Waals surface area contributed by atoms with Crippen LogP contribution in [0.1, 0.15) is 8.27 Å². The Morgan fingerprint density at radius 3 is 2.86 bits per heavy atom. The molecule has 0 aliphatic rings. The summed E-state index contributed by atoms with van der Waals surface area (Å²) in [6.07, 6.45) is 0.501. The fourth-order valence-electron chi connectivity index (χ4n) is 0.771. The van der Waals surface area contributed by atoms with Crippen molar-refractivity contribution >= 4 is 18.3 Å². The summed E-state index contributed by atoms with van der Waals surface area (Å²) in [6, 6.07) is 0. The number of amides is 2. The average Bonchev–Trinajstić information content (AvgIpc) is 2.26. The van der Waals surface area contributed by atoms with Crippen LogP contribution in [-0.2, 0) is 19.1 Å². The molecule has 2 amide bonds. The molecule has 0 fully saturated rings. The maximum atomic E-state index is 11.2. The molecule has 0 bridgehead atoms. The van der Waals surface area contributed by atoms with Gasteiger partial charge in [0.05, 0.1) is 7.11 Å². The lowest BCUT2D eigenvalue weighted by molar-refractivity contribution is -0.146. The van der Waals surface area contributed by atoms with Crippen LogP contribution in [0.15, 0.2) is 0 Å². The molecule has 0 heterocycles. The molecule has 6 nitrogen and oxygen atoms in total. The Hall–Kier alpha value is -1.59. The van der Waals surface area contributed by atoms with E-state index in [9.17, 15) is 14.4 Å². The summed E-state index contributed by atoms with van der Waals surface area (Å²) in [5, 5.41) is 2.36. The fourth-order valence-corrected chi connectivity index (χ4v) is 0.771. The number of esters is 1. The van der Waals surface area contributed by atoms with E-state index < -0.39 is 18.8 Å². The number of carbonyl (C=O) groups excluding carboxylic acids is 3. The molecular weight excluding hydrogens is 188 g/mol. The van der Waals surface area contributed by atoms with E-state index in [4.69, 9.17) is 1.37 Å². The molecule has 0 unspecified atom stereocenters. The average molecular weight is 204 g/mol. The van der Waals surface area contributed by atoms with Crippen molar-refractivity contribution in [2.24, 2.45) is 0 Å². The minimum atomic E-state index is -0.553. The van der Waals surface area contributed by atoms with Crippen molar-refractivity contribution < 1.29 is 20.5 Å². The van der Waals surface area contributed by atoms with Crippen LogP contribution in [0.4, 0.5) is 0 Å². The van der Waals surface area contributed by atoms with Gasteiger partial charge in [-0.15, -0.1) is 0 Å². The van der Waals surface area contributed by atoms with E-state index in [1.807, 2.05) is 0 Å². The van der Waals surface area contributed by atoms with Gasteiger partial charge in [0.15, 0.2) is 0 Å². The number of rotatable bonds is 6. The van der Waals surface area contributed by atoms with Crippen molar-refractivity contribution in [2.75, 3.05) is 26.7 Å². The molecule has 6 heteroatoms. The summed E-state index contributed by atoms with van der Waals surface area (Å²) >= 11 is 0. The third kappa shape index (κ3) is 5.13. The third-order valence-corrected chi connectivity index (χ3v) is 1.51. The van der Waals surface area contributed by atoms with E-state index in [0.29, 0.717) is 6.41 Å². The van der Waals surface area contributed by atoms with E-state index in [0.717, 1.165) is 4.90 Å². The van der Waals surface area contributed by atoms with E-state index in [1.165, 1.54) is 7.11 Å². The molecule has 0 aliphatic heterocycles. The first-order chi connectivity index (χ1) is 7.15. The van der Waals surface area contributed by atoms with Gasteiger partial charge in [-0.1, -0.05) is 0 Å². The zero-order valence-corrected chi connectivity index (χ0v) is 7.99. The quantitative estimate of drug-likeness (QED) is 0.333. The van der Waals surface area contributed by atoms with Gasteiger partial charge in [-0.3, -0.25) is 14.4 Å². The molecule has 0 spiro atoms. The van der Waals surface area contributed by atoms with Crippen molar-refractivity contribution in [1.82, 2.24) is 10.2 Å². The van der Waals surface area contributed by atoms with Crippen LogP contribution in [0, 0.1) is 0 Å². The first-order valence-corrected chi connectivity index (χ1v) is 3.96. The van der Waals surface area contributed by atoms with Crippen LogP contribution in [0.5, 0.6) is 0 Å². The number of nitrogens with one attached hydrogen (secondary N) is 1. The minimum absolute atomic E-state index is 0.186. The van der Waals surface area contributed by atoms with Gasteiger partial charge in [-0.2, -0.15) is 0 Å². The second-order valence-electron chi connectivity index (χ2n) is 2.46. The molecule has 0 rings (SSSR count). The molecule has 0 radical (unpaired) electrons. The summed E-state index contributed by atoms with van der Waals surface area (Å²) in [7, 11) is 1.22. The molecule has 0 aromatic carbocycles. The Bertz CT molecular complexity index is 235. The second-order valence-corrected chi connectivity index (χ2v) is 2.46. The van der Waals surface area contributed by atoms with Gasteiger partial charge in [-0.05, 0) is 0 Å². The summed E-state index contributed by atoms with van der Waals surface area (Å²) < 4.78 is 11.3. The standard InChI is InChI=1S/C8H14N2O4/c1-7(12)10(4-3-9-6-11)5-8(13)14-2/h6H,3-5H2,1-2H3,(H,9,11)/i1T. The molecule has 0 aliphatic carbocycles. The van der Waals surface area contributed by atoms with Crippen LogP contribution in [-0.4, -0.2) is 49.9 Å². The zero-order valence-electron chi connectivity index (χ0n) is 8.99. The van der Waals surface area contributed by atoms with Gasteiger partial charge >= 0.3 is 5.97 Å². The number of carbonyl (C=O) groups is 3. The summed E-state index contributed by atoms with van der Waals surface area (Å²) in [5.41, 5.74) is 0. The Balaban J connectivity index is 4.11. The second kappa shape index (κ2) is 6.88. The molecular formula is C8H14N2O4. The van der Waals surface area contributed by atoms with Gasteiger partial charge < -0.3 is 15.0 Å². The molecule has 0 saturated heterocycles. The van der Waals surface area contributed by atoms with Crippen molar-refractivity contribution in [3.8, 4) is 0 Å². The molecule has 1 N–H and O–H groups in total. The largest absolute Gasteiger partial charge is 0.468 e. The van der Waals surface area contributed by atoms with Gasteiger partial charge in [0, 0.05) is 21.4 Å². The highest BCUT2D eigenvalue weighted by Gasteiger charge is 2.12. The number of methoxy groups -OCH3 is 1. The molecule has 0 aromatic rings. The van der Waals surface area contributed by atoms with Crippen molar-refractivity contribution in [1.29, 1.82) is 0 Å².